The van der Waals surface area contributed by atoms with Gasteiger partial charge in [0.05, 0.1) is 6.33 Å². The largest absolute Gasteiger partial charge is 0.456 e. The minimum atomic E-state index is -0.833. The summed E-state index contributed by atoms with van der Waals surface area (Å²) in [5.41, 5.74) is 6.66. The molecule has 1 unspecified atom stereocenters. The van der Waals surface area contributed by atoms with Gasteiger partial charge < -0.3 is 19.9 Å². The van der Waals surface area contributed by atoms with Gasteiger partial charge in [0, 0.05) is 13.8 Å². The van der Waals surface area contributed by atoms with Crippen molar-refractivity contribution in [2.45, 2.75) is 51.7 Å². The summed E-state index contributed by atoms with van der Waals surface area (Å²) in [5.74, 6) is -0.757. The minimum Gasteiger partial charge on any atom is -0.456 e. The molecule has 2 N–H and O–H groups in total. The lowest BCUT2D eigenvalue weighted by molar-refractivity contribution is -0.165. The summed E-state index contributed by atoms with van der Waals surface area (Å²) in [6.45, 7) is 4.47. The predicted molar refractivity (Wildman–Crippen MR) is 85.0 cm³/mol. The van der Waals surface area contributed by atoms with Crippen LogP contribution in [-0.2, 0) is 23.8 Å². The highest BCUT2D eigenvalue weighted by Crippen LogP contribution is 2.36. The number of hydrogen-bond donors (Lipinski definition) is 1. The van der Waals surface area contributed by atoms with E-state index in [0.717, 1.165) is 0 Å². The van der Waals surface area contributed by atoms with Gasteiger partial charge in [-0.25, -0.2) is 15.0 Å². The van der Waals surface area contributed by atoms with Crippen LogP contribution in [0.4, 0.5) is 5.82 Å². The zero-order valence-electron chi connectivity index (χ0n) is 14.1. The van der Waals surface area contributed by atoms with E-state index in [0.29, 0.717) is 17.6 Å². The molecule has 0 amide bonds. The average molecular weight is 349 g/mol. The molecule has 3 heterocycles. The molecule has 1 saturated heterocycles. The Balaban J connectivity index is 2.04. The van der Waals surface area contributed by atoms with Crippen molar-refractivity contribution in [3.63, 3.8) is 0 Å². The van der Waals surface area contributed by atoms with Crippen molar-refractivity contribution in [2.75, 3.05) is 5.73 Å². The minimum absolute atomic E-state index is 0.231. The molecule has 4 atom stereocenters. The number of nitrogens with zero attached hydrogens (tertiary/aromatic N) is 4. The highest BCUT2D eigenvalue weighted by molar-refractivity contribution is 5.81. The maximum absolute atomic E-state index is 11.6. The molecule has 25 heavy (non-hydrogen) atoms. The second-order valence-electron chi connectivity index (χ2n) is 5.70. The molecule has 2 aromatic heterocycles. The van der Waals surface area contributed by atoms with Crippen LogP contribution >= 0.6 is 0 Å². The summed E-state index contributed by atoms with van der Waals surface area (Å²) < 4.78 is 18.4. The third kappa shape index (κ3) is 3.12. The molecule has 0 aliphatic carbocycles. The molecule has 2 aromatic rings. The number of hydrogen-bond acceptors (Lipinski definition) is 9. The number of fused-ring (bicyclic) bond motifs is 1. The van der Waals surface area contributed by atoms with Gasteiger partial charge in [0.2, 0.25) is 0 Å². The molecule has 1 aliphatic heterocycles. The van der Waals surface area contributed by atoms with Crippen LogP contribution in [0.5, 0.6) is 0 Å². The molecule has 0 aromatic carbocycles. The van der Waals surface area contributed by atoms with Crippen LogP contribution in [0, 0.1) is 0 Å². The van der Waals surface area contributed by atoms with Gasteiger partial charge in [-0.3, -0.25) is 14.2 Å². The van der Waals surface area contributed by atoms with Gasteiger partial charge in [-0.15, -0.1) is 0 Å². The first-order valence-corrected chi connectivity index (χ1v) is 7.85. The van der Waals surface area contributed by atoms with E-state index in [1.54, 1.807) is 4.57 Å². The average Bonchev–Trinajstić information content (AvgIpc) is 3.10. The molecule has 1 aliphatic rings. The molecule has 0 saturated carbocycles. The molecule has 134 valence electrons. The van der Waals surface area contributed by atoms with Crippen LogP contribution < -0.4 is 5.73 Å². The van der Waals surface area contributed by atoms with Crippen molar-refractivity contribution < 1.29 is 23.8 Å². The van der Waals surface area contributed by atoms with E-state index in [4.69, 9.17) is 19.9 Å². The van der Waals surface area contributed by atoms with Gasteiger partial charge in [0.15, 0.2) is 29.9 Å². The van der Waals surface area contributed by atoms with E-state index in [1.807, 2.05) is 6.92 Å². The fourth-order valence-corrected chi connectivity index (χ4v) is 2.97. The third-order valence-corrected chi connectivity index (χ3v) is 3.95. The van der Waals surface area contributed by atoms with Crippen LogP contribution in [0.3, 0.4) is 0 Å². The zero-order chi connectivity index (χ0) is 18.1. The summed E-state index contributed by atoms with van der Waals surface area (Å²) in [6.07, 6.45) is 0.614. The monoisotopic (exact) mass is 349 g/mol. The lowest BCUT2D eigenvalue weighted by Gasteiger charge is -2.23. The highest BCUT2D eigenvalue weighted by atomic mass is 16.6. The molecular formula is C15H19N5O5. The highest BCUT2D eigenvalue weighted by Gasteiger charge is 2.49. The number of rotatable bonds is 4. The van der Waals surface area contributed by atoms with Crippen LogP contribution in [0.2, 0.25) is 0 Å². The van der Waals surface area contributed by atoms with Gasteiger partial charge in [0.1, 0.15) is 17.9 Å². The molecule has 0 spiro atoms. The molecule has 10 heteroatoms. The van der Waals surface area contributed by atoms with Crippen LogP contribution in [-0.4, -0.2) is 49.8 Å². The van der Waals surface area contributed by atoms with Crippen molar-refractivity contribution >= 4 is 28.9 Å². The Labute approximate surface area is 143 Å². The van der Waals surface area contributed by atoms with Crippen molar-refractivity contribution in [2.24, 2.45) is 0 Å². The second kappa shape index (κ2) is 6.63. The summed E-state index contributed by atoms with van der Waals surface area (Å²) in [7, 11) is 0. The van der Waals surface area contributed by atoms with E-state index in [2.05, 4.69) is 15.0 Å². The third-order valence-electron chi connectivity index (χ3n) is 3.95. The van der Waals surface area contributed by atoms with Gasteiger partial charge in [-0.1, -0.05) is 6.92 Å². The van der Waals surface area contributed by atoms with E-state index in [-0.39, 0.29) is 5.82 Å². The van der Waals surface area contributed by atoms with Gasteiger partial charge in [0.25, 0.3) is 0 Å². The molecule has 0 bridgehead atoms. The topological polar surface area (TPSA) is 131 Å². The Hall–Kier alpha value is -2.75. The quantitative estimate of drug-likeness (QED) is 0.787. The Morgan fingerprint density at radius 2 is 1.88 bits per heavy atom. The van der Waals surface area contributed by atoms with Crippen molar-refractivity contribution in [1.29, 1.82) is 0 Å². The lowest BCUT2D eigenvalue weighted by Crippen LogP contribution is -2.38. The SMILES string of the molecule is CC[C@H]1O[C@@H](n2cnc3c(N)ncnc32)C(OC(C)=O)[C@@H]1OC(C)=O. The van der Waals surface area contributed by atoms with Crippen LogP contribution in [0.25, 0.3) is 11.2 Å². The fourth-order valence-electron chi connectivity index (χ4n) is 2.97. The Bertz CT molecular complexity index is 807. The van der Waals surface area contributed by atoms with Gasteiger partial charge >= 0.3 is 11.9 Å². The maximum Gasteiger partial charge on any atom is 0.303 e. The number of aromatic nitrogens is 4. The second-order valence-corrected chi connectivity index (χ2v) is 5.70. The number of anilines is 1. The Morgan fingerprint density at radius 3 is 2.52 bits per heavy atom. The molecule has 1 fully saturated rings. The summed E-state index contributed by atoms with van der Waals surface area (Å²) >= 11 is 0. The van der Waals surface area contributed by atoms with Gasteiger partial charge in [-0.2, -0.15) is 0 Å². The van der Waals surface area contributed by atoms with Crippen LogP contribution in [0.1, 0.15) is 33.4 Å². The fraction of sp³-hybridized carbons (Fsp3) is 0.533. The van der Waals surface area contributed by atoms with Crippen molar-refractivity contribution in [3.8, 4) is 0 Å². The van der Waals surface area contributed by atoms with E-state index < -0.39 is 36.5 Å². The summed E-state index contributed by atoms with van der Waals surface area (Å²) in [4.78, 5) is 35.3. The maximum atomic E-state index is 11.6. The summed E-state index contributed by atoms with van der Waals surface area (Å²) in [6, 6.07) is 0. The van der Waals surface area contributed by atoms with E-state index in [1.165, 1.54) is 26.5 Å². The smallest absolute Gasteiger partial charge is 0.303 e. The molecule has 3 rings (SSSR count). The molecule has 0 radical (unpaired) electrons. The van der Waals surface area contributed by atoms with Crippen molar-refractivity contribution in [1.82, 2.24) is 19.5 Å². The van der Waals surface area contributed by atoms with E-state index >= 15 is 0 Å². The number of nitrogen functional groups attached to an aromatic ring is 1. The first kappa shape index (κ1) is 17.1. The lowest BCUT2D eigenvalue weighted by atomic mass is 10.1. The summed E-state index contributed by atoms with van der Waals surface area (Å²) in [5, 5.41) is 0. The Kier molecular flexibility index (Phi) is 4.53. The van der Waals surface area contributed by atoms with Crippen molar-refractivity contribution in [3.05, 3.63) is 12.7 Å². The number of carbonyl (C=O) groups excluding carboxylic acids is 2. The van der Waals surface area contributed by atoms with Crippen LogP contribution in [0.15, 0.2) is 12.7 Å². The first-order chi connectivity index (χ1) is 11.9. The van der Waals surface area contributed by atoms with E-state index in [9.17, 15) is 9.59 Å². The number of nitrogens with two attached hydrogens (primary N) is 1. The van der Waals surface area contributed by atoms with Gasteiger partial charge in [-0.05, 0) is 6.42 Å². The zero-order valence-corrected chi connectivity index (χ0v) is 14.1. The number of esters is 2. The number of imidazole rings is 1. The number of carbonyl (C=O) groups is 2. The first-order valence-electron chi connectivity index (χ1n) is 7.85. The normalized spacial score (nSPS) is 25.9. The standard InChI is InChI=1S/C15H19N5O5/c1-4-9-11(23-7(2)21)12(24-8(3)22)15(25-9)20-6-19-10-13(16)17-5-18-14(10)20/h5-6,9,11-12,15H,4H2,1-3H3,(H2,16,17,18)/t9-,11-,12?,15-/m1/s1. The predicted octanol–water partition coefficient (Wildman–Crippen LogP) is 0.579. The Morgan fingerprint density at radius 1 is 1.20 bits per heavy atom. The molecular weight excluding hydrogens is 330 g/mol. The molecule has 10 nitrogen and oxygen atoms in total. The number of ether oxygens (including phenoxy) is 3.